The SMILES string of the molecule is COP(=O)(NCCCN(C)C)OI. The number of hydrogen-bond donors (Lipinski definition) is 1. The zero-order chi connectivity index (χ0) is 10.3. The molecule has 80 valence electrons. The van der Waals surface area contributed by atoms with Crippen LogP contribution in [0.3, 0.4) is 0 Å². The molecule has 1 unspecified atom stereocenters. The summed E-state index contributed by atoms with van der Waals surface area (Å²) in [5.74, 6) is 0. The van der Waals surface area contributed by atoms with Gasteiger partial charge in [-0.1, -0.05) is 0 Å². The van der Waals surface area contributed by atoms with E-state index in [2.05, 4.69) is 12.8 Å². The Bertz CT molecular complexity index is 171. The van der Waals surface area contributed by atoms with E-state index in [-0.39, 0.29) is 0 Å². The van der Waals surface area contributed by atoms with Crippen LogP contribution < -0.4 is 5.09 Å². The van der Waals surface area contributed by atoms with Crippen molar-refractivity contribution in [1.29, 1.82) is 0 Å². The molecule has 0 radical (unpaired) electrons. The van der Waals surface area contributed by atoms with Gasteiger partial charge in [-0.15, -0.1) is 0 Å². The quantitative estimate of drug-likeness (QED) is 0.439. The van der Waals surface area contributed by atoms with Crippen LogP contribution in [-0.4, -0.2) is 39.2 Å². The highest BCUT2D eigenvalue weighted by molar-refractivity contribution is 14.1. The van der Waals surface area contributed by atoms with E-state index in [4.69, 9.17) is 4.52 Å². The lowest BCUT2D eigenvalue weighted by Gasteiger charge is -2.14. The lowest BCUT2D eigenvalue weighted by molar-refractivity contribution is 0.329. The van der Waals surface area contributed by atoms with Gasteiger partial charge in [0, 0.05) is 13.7 Å². The van der Waals surface area contributed by atoms with E-state index >= 15 is 0 Å². The summed E-state index contributed by atoms with van der Waals surface area (Å²) in [6.07, 6.45) is 0.903. The summed E-state index contributed by atoms with van der Waals surface area (Å²) in [6, 6.07) is 0. The maximum absolute atomic E-state index is 11.4. The summed E-state index contributed by atoms with van der Waals surface area (Å²) in [6.45, 7) is 1.56. The predicted octanol–water partition coefficient (Wildman–Crippen LogP) is 1.65. The first-order valence-corrected chi connectivity index (χ1v) is 6.32. The molecule has 0 fully saturated rings. The van der Waals surface area contributed by atoms with Crippen LogP contribution in [0.2, 0.25) is 0 Å². The number of hydrogen-bond acceptors (Lipinski definition) is 4. The van der Waals surface area contributed by atoms with Gasteiger partial charge in [-0.25, -0.2) is 12.5 Å². The molecule has 0 aliphatic rings. The molecule has 1 N–H and O–H groups in total. The number of halogens is 1. The van der Waals surface area contributed by atoms with Crippen molar-refractivity contribution in [2.75, 3.05) is 34.3 Å². The van der Waals surface area contributed by atoms with Gasteiger partial charge >= 0.3 is 7.75 Å². The van der Waals surface area contributed by atoms with Gasteiger partial charge in [0.2, 0.25) is 0 Å². The van der Waals surface area contributed by atoms with Gasteiger partial charge in [-0.3, -0.25) is 4.52 Å². The van der Waals surface area contributed by atoms with E-state index in [1.807, 2.05) is 14.1 Å². The van der Waals surface area contributed by atoms with E-state index < -0.39 is 7.75 Å². The summed E-state index contributed by atoms with van der Waals surface area (Å²) in [5.41, 5.74) is 0. The van der Waals surface area contributed by atoms with Gasteiger partial charge in [0.15, 0.2) is 0 Å². The molecular formula is C6H16IN2O3P. The van der Waals surface area contributed by atoms with Crippen molar-refractivity contribution in [3.8, 4) is 0 Å². The number of rotatable bonds is 7. The summed E-state index contributed by atoms with van der Waals surface area (Å²) in [5, 5.41) is 2.73. The van der Waals surface area contributed by atoms with E-state index in [1.54, 1.807) is 23.0 Å². The maximum atomic E-state index is 11.4. The first-order chi connectivity index (χ1) is 6.04. The molecule has 0 saturated heterocycles. The molecule has 0 saturated carbocycles. The Morgan fingerprint density at radius 2 is 2.15 bits per heavy atom. The summed E-state index contributed by atoms with van der Waals surface area (Å²) >= 11 is 1.57. The fraction of sp³-hybridized carbons (Fsp3) is 1.00. The molecule has 0 rings (SSSR count). The molecule has 0 amide bonds. The minimum Gasteiger partial charge on any atom is -0.309 e. The van der Waals surface area contributed by atoms with Gasteiger partial charge < -0.3 is 4.90 Å². The van der Waals surface area contributed by atoms with Crippen LogP contribution in [0.25, 0.3) is 0 Å². The molecule has 0 aliphatic carbocycles. The second-order valence-electron chi connectivity index (χ2n) is 2.81. The lowest BCUT2D eigenvalue weighted by atomic mass is 10.4. The van der Waals surface area contributed by atoms with Crippen molar-refractivity contribution in [3.63, 3.8) is 0 Å². The van der Waals surface area contributed by atoms with Gasteiger partial charge in [-0.2, -0.15) is 0 Å². The Hall–Kier alpha value is 0.800. The van der Waals surface area contributed by atoms with Gasteiger partial charge in [0.05, 0.1) is 0 Å². The van der Waals surface area contributed by atoms with Crippen molar-refractivity contribution >= 4 is 30.8 Å². The minimum atomic E-state index is -3.02. The van der Waals surface area contributed by atoms with Crippen LogP contribution in [0.1, 0.15) is 6.42 Å². The molecule has 0 aromatic heterocycles. The molecule has 0 aromatic carbocycles. The standard InChI is InChI=1S/C6H16IN2O3P/c1-9(2)6-4-5-8-13(10,11-3)12-7/h4-6H2,1-3H3,(H,8,10). The van der Waals surface area contributed by atoms with Crippen LogP contribution in [0.4, 0.5) is 0 Å². The van der Waals surface area contributed by atoms with Crippen LogP contribution in [0.15, 0.2) is 0 Å². The van der Waals surface area contributed by atoms with Crippen molar-refractivity contribution in [3.05, 3.63) is 0 Å². The molecule has 7 heteroatoms. The first-order valence-electron chi connectivity index (χ1n) is 3.90. The Morgan fingerprint density at radius 1 is 1.54 bits per heavy atom. The molecule has 13 heavy (non-hydrogen) atoms. The molecule has 0 bridgehead atoms. The zero-order valence-corrected chi connectivity index (χ0v) is 11.2. The summed E-state index contributed by atoms with van der Waals surface area (Å²) in [7, 11) is 2.32. The highest BCUT2D eigenvalue weighted by atomic mass is 127. The van der Waals surface area contributed by atoms with Crippen LogP contribution in [0, 0.1) is 0 Å². The van der Waals surface area contributed by atoms with Crippen molar-refractivity contribution in [2.45, 2.75) is 6.42 Å². The zero-order valence-electron chi connectivity index (χ0n) is 8.12. The van der Waals surface area contributed by atoms with Crippen molar-refractivity contribution in [1.82, 2.24) is 9.99 Å². The summed E-state index contributed by atoms with van der Waals surface area (Å²) < 4.78 is 20.8. The molecule has 0 spiro atoms. The average Bonchev–Trinajstić information content (AvgIpc) is 2.12. The minimum absolute atomic E-state index is 0.617. The fourth-order valence-electron chi connectivity index (χ4n) is 0.728. The average molecular weight is 322 g/mol. The van der Waals surface area contributed by atoms with Crippen LogP contribution >= 0.6 is 30.8 Å². The third-order valence-corrected chi connectivity index (χ3v) is 4.25. The summed E-state index contributed by atoms with van der Waals surface area (Å²) in [4.78, 5) is 2.06. The smallest absolute Gasteiger partial charge is 0.309 e. The molecule has 0 aromatic rings. The monoisotopic (exact) mass is 322 g/mol. The second-order valence-corrected chi connectivity index (χ2v) is 5.81. The maximum Gasteiger partial charge on any atom is 0.414 e. The van der Waals surface area contributed by atoms with Crippen LogP contribution in [-0.2, 0) is 11.9 Å². The third-order valence-electron chi connectivity index (χ3n) is 1.42. The molecule has 0 heterocycles. The lowest BCUT2D eigenvalue weighted by Crippen LogP contribution is -2.20. The van der Waals surface area contributed by atoms with E-state index in [9.17, 15) is 4.57 Å². The normalized spacial score (nSPS) is 16.1. The highest BCUT2D eigenvalue weighted by Gasteiger charge is 2.20. The Balaban J connectivity index is 3.56. The van der Waals surface area contributed by atoms with Crippen LogP contribution in [0.5, 0.6) is 0 Å². The van der Waals surface area contributed by atoms with Crippen molar-refractivity contribution in [2.24, 2.45) is 0 Å². The first kappa shape index (κ1) is 13.8. The Labute approximate surface area is 93.4 Å². The van der Waals surface area contributed by atoms with E-state index in [1.165, 1.54) is 7.11 Å². The topological polar surface area (TPSA) is 50.8 Å². The van der Waals surface area contributed by atoms with E-state index in [0.717, 1.165) is 13.0 Å². The van der Waals surface area contributed by atoms with Gasteiger partial charge in [0.1, 0.15) is 23.0 Å². The second kappa shape index (κ2) is 7.14. The Kier molecular flexibility index (Phi) is 7.58. The molecule has 5 nitrogen and oxygen atoms in total. The predicted molar refractivity (Wildman–Crippen MR) is 60.9 cm³/mol. The van der Waals surface area contributed by atoms with Crippen molar-refractivity contribution < 1.29 is 11.9 Å². The third kappa shape index (κ3) is 6.82. The number of nitrogens with one attached hydrogen (secondary N) is 1. The molecule has 1 atom stereocenters. The van der Waals surface area contributed by atoms with E-state index in [0.29, 0.717) is 6.54 Å². The van der Waals surface area contributed by atoms with Gasteiger partial charge in [-0.05, 0) is 27.1 Å². The molecular weight excluding hydrogens is 306 g/mol. The van der Waals surface area contributed by atoms with Gasteiger partial charge in [0.25, 0.3) is 0 Å². The fourth-order valence-corrected chi connectivity index (χ4v) is 2.29. The Morgan fingerprint density at radius 3 is 2.54 bits per heavy atom. The highest BCUT2D eigenvalue weighted by Crippen LogP contribution is 2.44. The largest absolute Gasteiger partial charge is 0.414 e. The number of nitrogens with zero attached hydrogens (tertiary/aromatic N) is 1. The molecule has 0 aliphatic heterocycles.